The minimum atomic E-state index is -2.07. The van der Waals surface area contributed by atoms with Gasteiger partial charge in [-0.3, -0.25) is 0 Å². The van der Waals surface area contributed by atoms with Gasteiger partial charge in [0.05, 0.1) is 11.2 Å². The van der Waals surface area contributed by atoms with Crippen LogP contribution in [-0.4, -0.2) is 26.4 Å². The van der Waals surface area contributed by atoms with E-state index in [1.54, 1.807) is 0 Å². The summed E-state index contributed by atoms with van der Waals surface area (Å²) in [6.45, 7) is 10.9. The van der Waals surface area contributed by atoms with E-state index in [-0.39, 0.29) is 18.3 Å². The van der Waals surface area contributed by atoms with Crippen LogP contribution in [0.25, 0.3) is 11.1 Å². The van der Waals surface area contributed by atoms with Crippen molar-refractivity contribution in [3.8, 4) is 11.1 Å². The highest BCUT2D eigenvalue weighted by molar-refractivity contribution is 7.13. The highest BCUT2D eigenvalue weighted by atomic mass is 28.3. The third-order valence-electron chi connectivity index (χ3n) is 7.23. The van der Waals surface area contributed by atoms with Crippen molar-refractivity contribution in [2.24, 2.45) is 0 Å². The molecule has 3 aromatic carbocycles. The summed E-state index contributed by atoms with van der Waals surface area (Å²) in [5.74, 6) is 0. The average Bonchev–Trinajstić information content (AvgIpc) is 3.11. The molecule has 0 radical (unpaired) electrons. The number of hydrogen-bond acceptors (Lipinski definition) is 2. The van der Waals surface area contributed by atoms with E-state index in [1.165, 1.54) is 26.7 Å². The lowest BCUT2D eigenvalue weighted by Crippen LogP contribution is -2.62. The zero-order valence-electron chi connectivity index (χ0n) is 17.8. The molecule has 3 aromatic rings. The minimum Gasteiger partial charge on any atom is -0.399 e. The molecule has 0 aliphatic carbocycles. The van der Waals surface area contributed by atoms with E-state index in [9.17, 15) is 0 Å². The van der Waals surface area contributed by atoms with E-state index >= 15 is 0 Å². The van der Waals surface area contributed by atoms with Crippen LogP contribution in [0.3, 0.4) is 0 Å². The first-order valence-corrected chi connectivity index (χ1v) is 12.9. The maximum Gasteiger partial charge on any atom is 0.495 e. The molecule has 2 aliphatic rings. The van der Waals surface area contributed by atoms with Crippen molar-refractivity contribution < 1.29 is 9.31 Å². The van der Waals surface area contributed by atoms with E-state index in [4.69, 9.17) is 9.31 Å². The maximum atomic E-state index is 6.46. The van der Waals surface area contributed by atoms with Crippen LogP contribution in [0.5, 0.6) is 0 Å². The summed E-state index contributed by atoms with van der Waals surface area (Å²) in [6, 6.07) is 26.6. The molecule has 1 atom stereocenters. The summed E-state index contributed by atoms with van der Waals surface area (Å²) in [5, 5.41) is 4.37. The van der Waals surface area contributed by atoms with Crippen LogP contribution in [-0.2, 0) is 9.31 Å². The van der Waals surface area contributed by atoms with Gasteiger partial charge in [-0.05, 0) is 59.8 Å². The Labute approximate surface area is 175 Å². The molecule has 0 spiro atoms. The zero-order valence-corrected chi connectivity index (χ0v) is 18.8. The van der Waals surface area contributed by atoms with E-state index in [0.717, 1.165) is 5.46 Å². The smallest absolute Gasteiger partial charge is 0.399 e. The third kappa shape index (κ3) is 2.56. The predicted octanol–water partition coefficient (Wildman–Crippen LogP) is 3.07. The monoisotopic (exact) mass is 398 g/mol. The molecule has 146 valence electrons. The van der Waals surface area contributed by atoms with Gasteiger partial charge in [0.1, 0.15) is 8.07 Å². The molecule has 0 saturated carbocycles. The SMILES string of the molecule is CC1(C)OB(c2cccc3c2-c2ccccc2[Si]3(C)c2ccccc2)OC1(C)C. The molecular formula is C25H27BO2Si. The van der Waals surface area contributed by atoms with Gasteiger partial charge in [-0.25, -0.2) is 0 Å². The summed E-state index contributed by atoms with van der Waals surface area (Å²) in [6.07, 6.45) is 0. The number of benzene rings is 3. The lowest BCUT2D eigenvalue weighted by molar-refractivity contribution is 0.00578. The molecular weight excluding hydrogens is 371 g/mol. The fourth-order valence-electron chi connectivity index (χ4n) is 4.82. The largest absolute Gasteiger partial charge is 0.495 e. The van der Waals surface area contributed by atoms with Crippen LogP contribution in [0.15, 0.2) is 72.8 Å². The van der Waals surface area contributed by atoms with Crippen molar-refractivity contribution in [1.29, 1.82) is 0 Å². The van der Waals surface area contributed by atoms with Crippen molar-refractivity contribution in [2.75, 3.05) is 0 Å². The number of hydrogen-bond donors (Lipinski definition) is 0. The Morgan fingerprint density at radius 1 is 0.690 bits per heavy atom. The Morgan fingerprint density at radius 2 is 1.28 bits per heavy atom. The molecule has 2 aliphatic heterocycles. The highest BCUT2D eigenvalue weighted by Crippen LogP contribution is 2.38. The van der Waals surface area contributed by atoms with Crippen molar-refractivity contribution in [2.45, 2.75) is 45.4 Å². The molecule has 0 N–H and O–H groups in total. The second-order valence-corrected chi connectivity index (χ2v) is 13.3. The Bertz CT molecular complexity index is 1080. The molecule has 4 heteroatoms. The van der Waals surface area contributed by atoms with Gasteiger partial charge in [0.15, 0.2) is 0 Å². The molecule has 0 amide bonds. The summed E-state index contributed by atoms with van der Waals surface area (Å²) >= 11 is 0. The van der Waals surface area contributed by atoms with Crippen LogP contribution >= 0.6 is 0 Å². The van der Waals surface area contributed by atoms with Crippen molar-refractivity contribution in [3.63, 3.8) is 0 Å². The Kier molecular flexibility index (Phi) is 4.02. The second kappa shape index (κ2) is 6.18. The van der Waals surface area contributed by atoms with Crippen molar-refractivity contribution >= 4 is 36.2 Å². The number of rotatable bonds is 2. The lowest BCUT2D eigenvalue weighted by Gasteiger charge is -2.32. The molecule has 2 nitrogen and oxygen atoms in total. The van der Waals surface area contributed by atoms with Gasteiger partial charge < -0.3 is 9.31 Å². The average molecular weight is 398 g/mol. The molecule has 1 fully saturated rings. The molecule has 29 heavy (non-hydrogen) atoms. The van der Waals surface area contributed by atoms with E-state index in [0.29, 0.717) is 0 Å². The first kappa shape index (κ1) is 18.9. The van der Waals surface area contributed by atoms with E-state index in [2.05, 4.69) is 107 Å². The Balaban J connectivity index is 1.75. The summed E-state index contributed by atoms with van der Waals surface area (Å²) < 4.78 is 12.9. The van der Waals surface area contributed by atoms with Gasteiger partial charge >= 0.3 is 7.12 Å². The minimum absolute atomic E-state index is 0.349. The zero-order chi connectivity index (χ0) is 20.4. The van der Waals surface area contributed by atoms with Gasteiger partial charge in [-0.15, -0.1) is 0 Å². The van der Waals surface area contributed by atoms with Gasteiger partial charge in [0.2, 0.25) is 0 Å². The van der Waals surface area contributed by atoms with Gasteiger partial charge in [-0.1, -0.05) is 79.3 Å². The van der Waals surface area contributed by atoms with E-state index in [1.807, 2.05) is 0 Å². The quantitative estimate of drug-likeness (QED) is 0.618. The summed E-state index contributed by atoms with van der Waals surface area (Å²) in [5.41, 5.74) is 3.11. The topological polar surface area (TPSA) is 18.5 Å². The van der Waals surface area contributed by atoms with Crippen LogP contribution in [0.1, 0.15) is 27.7 Å². The first-order valence-electron chi connectivity index (χ1n) is 10.4. The Hall–Kier alpha value is -2.14. The fraction of sp³-hybridized carbons (Fsp3) is 0.280. The first-order chi connectivity index (χ1) is 13.8. The predicted molar refractivity (Wildman–Crippen MR) is 125 cm³/mol. The van der Waals surface area contributed by atoms with Gasteiger partial charge in [0, 0.05) is 0 Å². The van der Waals surface area contributed by atoms with E-state index < -0.39 is 8.07 Å². The van der Waals surface area contributed by atoms with Crippen LogP contribution in [0.2, 0.25) is 6.55 Å². The van der Waals surface area contributed by atoms with Crippen LogP contribution in [0.4, 0.5) is 0 Å². The van der Waals surface area contributed by atoms with Crippen molar-refractivity contribution in [3.05, 3.63) is 72.8 Å². The lowest BCUT2D eigenvalue weighted by atomic mass is 9.74. The van der Waals surface area contributed by atoms with Gasteiger partial charge in [0.25, 0.3) is 0 Å². The molecule has 5 rings (SSSR count). The standard InChI is InChI=1S/C25H27BO2Si/c1-24(2)25(3,4)28-26(27-24)20-15-11-17-22-23(20)19-14-9-10-16-21(19)29(22,5)18-12-7-6-8-13-18/h6-17H,1-5H3. The maximum absolute atomic E-state index is 6.46. The van der Waals surface area contributed by atoms with Gasteiger partial charge in [-0.2, -0.15) is 0 Å². The van der Waals surface area contributed by atoms with Crippen LogP contribution in [0, 0.1) is 0 Å². The summed E-state index contributed by atoms with van der Waals surface area (Å²) in [7, 11) is -2.42. The number of fused-ring (bicyclic) bond motifs is 3. The molecule has 0 bridgehead atoms. The fourth-order valence-corrected chi connectivity index (χ4v) is 8.98. The normalized spacial score (nSPS) is 23.7. The second-order valence-electron chi connectivity index (χ2n) is 9.39. The third-order valence-corrected chi connectivity index (χ3v) is 11.7. The molecule has 2 heterocycles. The molecule has 0 aromatic heterocycles. The molecule has 1 unspecified atom stereocenters. The van der Waals surface area contributed by atoms with Crippen molar-refractivity contribution in [1.82, 2.24) is 0 Å². The highest BCUT2D eigenvalue weighted by Gasteiger charge is 2.54. The van der Waals surface area contributed by atoms with Crippen LogP contribution < -0.4 is 21.0 Å². The summed E-state index contributed by atoms with van der Waals surface area (Å²) in [4.78, 5) is 0. The Morgan fingerprint density at radius 3 is 1.97 bits per heavy atom. The molecule has 1 saturated heterocycles.